The van der Waals surface area contributed by atoms with Crippen molar-refractivity contribution in [3.63, 3.8) is 0 Å². The minimum absolute atomic E-state index is 0.111. The molecule has 2 aromatic heterocycles. The average Bonchev–Trinajstić information content (AvgIpc) is 2.94. The van der Waals surface area contributed by atoms with E-state index in [-0.39, 0.29) is 5.41 Å². The monoisotopic (exact) mass is 337 g/mol. The Labute approximate surface area is 146 Å². The largest absolute Gasteiger partial charge is 0.255 e. The van der Waals surface area contributed by atoms with Gasteiger partial charge in [-0.25, -0.2) is 5.10 Å². The minimum atomic E-state index is 0.111. The molecule has 0 radical (unpaired) electrons. The van der Waals surface area contributed by atoms with Crippen LogP contribution in [0.2, 0.25) is 0 Å². The minimum Gasteiger partial charge on any atom is -0.255 e. The van der Waals surface area contributed by atoms with E-state index >= 15 is 0 Å². The Morgan fingerprint density at radius 3 is 2.50 bits per heavy atom. The van der Waals surface area contributed by atoms with Crippen molar-refractivity contribution in [3.05, 3.63) is 64.7 Å². The van der Waals surface area contributed by atoms with Gasteiger partial charge in [-0.1, -0.05) is 51.1 Å². The number of nitrogens with one attached hydrogen (secondary N) is 1. The lowest BCUT2D eigenvalue weighted by Crippen LogP contribution is -2.10. The number of hydrogen-bond acceptors (Lipinski definition) is 4. The van der Waals surface area contributed by atoms with Crippen molar-refractivity contribution < 1.29 is 0 Å². The first-order valence-corrected chi connectivity index (χ1v) is 8.10. The molecule has 0 aliphatic carbocycles. The van der Waals surface area contributed by atoms with E-state index in [0.29, 0.717) is 10.6 Å². The second-order valence-electron chi connectivity index (χ2n) is 6.49. The van der Waals surface area contributed by atoms with Crippen LogP contribution in [0.3, 0.4) is 0 Å². The van der Waals surface area contributed by atoms with Crippen molar-refractivity contribution in [1.82, 2.24) is 19.9 Å². The summed E-state index contributed by atoms with van der Waals surface area (Å²) in [6.45, 7) is 6.57. The van der Waals surface area contributed by atoms with Gasteiger partial charge in [0.15, 0.2) is 5.82 Å². The normalized spacial score (nSPS) is 12.0. The van der Waals surface area contributed by atoms with Crippen molar-refractivity contribution in [2.45, 2.75) is 26.2 Å². The molecule has 0 saturated carbocycles. The average molecular weight is 337 g/mol. The van der Waals surface area contributed by atoms with Gasteiger partial charge in [0.05, 0.1) is 11.9 Å². The van der Waals surface area contributed by atoms with Crippen LogP contribution in [-0.2, 0) is 5.41 Å². The standard InChI is InChI=1S/C18H19N5S/c1-18(2,3)14-9-7-13(8-10-14)16-21-22-17(24)23(16)20-12-15-6-4-5-11-19-15/h4-12H,1-3H3,(H,22,24)/b20-12+. The number of rotatable bonds is 3. The summed E-state index contributed by atoms with van der Waals surface area (Å²) in [5.41, 5.74) is 3.09. The van der Waals surface area contributed by atoms with Gasteiger partial charge in [-0.3, -0.25) is 4.98 Å². The van der Waals surface area contributed by atoms with Gasteiger partial charge in [0.25, 0.3) is 0 Å². The molecule has 5 nitrogen and oxygen atoms in total. The molecule has 0 aliphatic rings. The predicted octanol–water partition coefficient (Wildman–Crippen LogP) is 4.18. The summed E-state index contributed by atoms with van der Waals surface area (Å²) in [6.07, 6.45) is 3.39. The molecule has 122 valence electrons. The molecule has 0 atom stereocenters. The lowest BCUT2D eigenvalue weighted by atomic mass is 9.87. The van der Waals surface area contributed by atoms with Crippen LogP contribution in [-0.4, -0.2) is 26.1 Å². The highest BCUT2D eigenvalue weighted by atomic mass is 32.1. The Bertz CT molecular complexity index is 899. The molecule has 0 aliphatic heterocycles. The fourth-order valence-electron chi connectivity index (χ4n) is 2.27. The molecule has 3 rings (SSSR count). The Morgan fingerprint density at radius 1 is 1.12 bits per heavy atom. The Kier molecular flexibility index (Phi) is 4.40. The highest BCUT2D eigenvalue weighted by molar-refractivity contribution is 7.71. The van der Waals surface area contributed by atoms with Gasteiger partial charge >= 0.3 is 0 Å². The van der Waals surface area contributed by atoms with E-state index in [2.05, 4.69) is 53.2 Å². The summed E-state index contributed by atoms with van der Waals surface area (Å²) in [5.74, 6) is 0.674. The summed E-state index contributed by atoms with van der Waals surface area (Å²) >= 11 is 5.28. The van der Waals surface area contributed by atoms with Crippen LogP contribution < -0.4 is 0 Å². The van der Waals surface area contributed by atoms with Gasteiger partial charge < -0.3 is 0 Å². The molecular formula is C18H19N5S. The maximum absolute atomic E-state index is 5.28. The third kappa shape index (κ3) is 3.49. The molecule has 0 amide bonds. The van der Waals surface area contributed by atoms with Crippen LogP contribution in [0, 0.1) is 4.77 Å². The third-order valence-corrected chi connectivity index (χ3v) is 3.92. The van der Waals surface area contributed by atoms with Gasteiger partial charge in [0.2, 0.25) is 4.77 Å². The van der Waals surface area contributed by atoms with Crippen molar-refractivity contribution in [1.29, 1.82) is 0 Å². The number of aromatic amines is 1. The smallest absolute Gasteiger partial charge is 0.216 e. The van der Waals surface area contributed by atoms with Crippen molar-refractivity contribution in [2.24, 2.45) is 5.10 Å². The zero-order valence-corrected chi connectivity index (χ0v) is 14.7. The van der Waals surface area contributed by atoms with E-state index < -0.39 is 0 Å². The summed E-state index contributed by atoms with van der Waals surface area (Å²) in [7, 11) is 0. The van der Waals surface area contributed by atoms with Crippen LogP contribution in [0.4, 0.5) is 0 Å². The number of nitrogens with zero attached hydrogens (tertiary/aromatic N) is 4. The number of H-pyrrole nitrogens is 1. The van der Waals surface area contributed by atoms with E-state index in [1.165, 1.54) is 5.56 Å². The van der Waals surface area contributed by atoms with Crippen molar-refractivity contribution in [2.75, 3.05) is 0 Å². The molecule has 1 aromatic carbocycles. The molecule has 24 heavy (non-hydrogen) atoms. The lowest BCUT2D eigenvalue weighted by Gasteiger charge is -2.18. The summed E-state index contributed by atoms with van der Waals surface area (Å²) in [5, 5.41) is 11.5. The molecule has 0 spiro atoms. The number of hydrogen-bond donors (Lipinski definition) is 1. The molecule has 0 bridgehead atoms. The van der Waals surface area contributed by atoms with Gasteiger partial charge in [-0.2, -0.15) is 14.9 Å². The molecular weight excluding hydrogens is 318 g/mol. The van der Waals surface area contributed by atoms with Crippen LogP contribution >= 0.6 is 12.2 Å². The SMILES string of the molecule is CC(C)(C)c1ccc(-c2n[nH]c(=S)n2/N=C/c2ccccn2)cc1. The fraction of sp³-hybridized carbons (Fsp3) is 0.222. The van der Waals surface area contributed by atoms with Gasteiger partial charge in [0.1, 0.15) is 0 Å². The highest BCUT2D eigenvalue weighted by Crippen LogP contribution is 2.25. The number of aromatic nitrogens is 4. The molecule has 3 aromatic rings. The first kappa shape index (κ1) is 16.3. The molecule has 0 fully saturated rings. The number of pyridine rings is 1. The third-order valence-electron chi connectivity index (χ3n) is 3.65. The maximum Gasteiger partial charge on any atom is 0.216 e. The van der Waals surface area contributed by atoms with Gasteiger partial charge in [-0.05, 0) is 35.3 Å². The fourth-order valence-corrected chi connectivity index (χ4v) is 2.45. The van der Waals surface area contributed by atoms with E-state index in [0.717, 1.165) is 11.3 Å². The van der Waals surface area contributed by atoms with Gasteiger partial charge in [0, 0.05) is 11.8 Å². The van der Waals surface area contributed by atoms with Crippen LogP contribution in [0.25, 0.3) is 11.4 Å². The Morgan fingerprint density at radius 2 is 1.88 bits per heavy atom. The van der Waals surface area contributed by atoms with E-state index in [9.17, 15) is 0 Å². The molecule has 0 unspecified atom stereocenters. The Balaban J connectivity index is 1.96. The second-order valence-corrected chi connectivity index (χ2v) is 6.88. The van der Waals surface area contributed by atoms with Crippen molar-refractivity contribution in [3.8, 4) is 11.4 Å². The maximum atomic E-state index is 5.28. The topological polar surface area (TPSA) is 58.9 Å². The summed E-state index contributed by atoms with van der Waals surface area (Å²) < 4.78 is 2.05. The van der Waals surface area contributed by atoms with Crippen molar-refractivity contribution >= 4 is 18.4 Å². The predicted molar refractivity (Wildman–Crippen MR) is 98.8 cm³/mol. The zero-order valence-electron chi connectivity index (χ0n) is 13.9. The molecule has 2 heterocycles. The quantitative estimate of drug-likeness (QED) is 0.576. The zero-order chi connectivity index (χ0) is 17.2. The second kappa shape index (κ2) is 6.49. The van der Waals surface area contributed by atoms with Crippen LogP contribution in [0.1, 0.15) is 32.0 Å². The first-order chi connectivity index (χ1) is 11.4. The van der Waals surface area contributed by atoms with E-state index in [1.807, 2.05) is 30.3 Å². The summed E-state index contributed by atoms with van der Waals surface area (Å²) in [4.78, 5) is 4.22. The highest BCUT2D eigenvalue weighted by Gasteiger charge is 2.14. The first-order valence-electron chi connectivity index (χ1n) is 7.69. The van der Waals surface area contributed by atoms with Gasteiger partial charge in [-0.15, -0.1) is 0 Å². The van der Waals surface area contributed by atoms with E-state index in [1.54, 1.807) is 17.1 Å². The van der Waals surface area contributed by atoms with Crippen LogP contribution in [0.15, 0.2) is 53.8 Å². The Hall–Kier alpha value is -2.60. The van der Waals surface area contributed by atoms with Crippen LogP contribution in [0.5, 0.6) is 0 Å². The molecule has 1 N–H and O–H groups in total. The summed E-state index contributed by atoms with van der Waals surface area (Å²) in [6, 6.07) is 14.0. The lowest BCUT2D eigenvalue weighted by molar-refractivity contribution is 0.590. The van der Waals surface area contributed by atoms with E-state index in [4.69, 9.17) is 12.2 Å². The molecule has 6 heteroatoms. The number of benzene rings is 1. The molecule has 0 saturated heterocycles.